The monoisotopic (exact) mass is 337 g/mol. The third-order valence-electron chi connectivity index (χ3n) is 2.93. The van der Waals surface area contributed by atoms with Gasteiger partial charge in [0, 0.05) is 5.02 Å². The van der Waals surface area contributed by atoms with Crippen LogP contribution >= 0.6 is 11.6 Å². The predicted octanol–water partition coefficient (Wildman–Crippen LogP) is 2.46. The molecule has 0 saturated carbocycles. The average Bonchev–Trinajstić information content (AvgIpc) is 2.86. The molecule has 23 heavy (non-hydrogen) atoms. The normalized spacial score (nSPS) is 10.4. The first kappa shape index (κ1) is 16.8. The van der Waals surface area contributed by atoms with Crippen molar-refractivity contribution in [1.29, 1.82) is 0 Å². The van der Waals surface area contributed by atoms with E-state index in [1.54, 1.807) is 38.1 Å². The summed E-state index contributed by atoms with van der Waals surface area (Å²) in [6, 6.07) is 6.56. The largest absolute Gasteiger partial charge is 0.461 e. The number of hydrogen-bond donors (Lipinski definition) is 1. The molecule has 2 rings (SSSR count). The number of hydrogen-bond acceptors (Lipinski definition) is 6. The maximum Gasteiger partial charge on any atom is 0.361 e. The number of aromatic nitrogens is 2. The van der Waals surface area contributed by atoms with Crippen LogP contribution in [0.3, 0.4) is 0 Å². The number of halogens is 1. The molecule has 0 atom stereocenters. The fourth-order valence-electron chi connectivity index (χ4n) is 1.95. The Kier molecular flexibility index (Phi) is 5.23. The molecule has 1 aromatic carbocycles. The van der Waals surface area contributed by atoms with Crippen LogP contribution in [0.5, 0.6) is 0 Å². The zero-order valence-corrected chi connectivity index (χ0v) is 13.5. The summed E-state index contributed by atoms with van der Waals surface area (Å²) in [4.78, 5) is 24.1. The molecule has 8 heteroatoms. The van der Waals surface area contributed by atoms with Gasteiger partial charge in [0.25, 0.3) is 0 Å². The van der Waals surface area contributed by atoms with Crippen molar-refractivity contribution in [3.8, 4) is 5.69 Å². The molecule has 0 aliphatic rings. The molecule has 2 aromatic rings. The zero-order chi connectivity index (χ0) is 17.0. The van der Waals surface area contributed by atoms with E-state index in [2.05, 4.69) is 5.10 Å². The first-order valence-corrected chi connectivity index (χ1v) is 7.36. The van der Waals surface area contributed by atoms with E-state index in [1.807, 2.05) is 0 Å². The van der Waals surface area contributed by atoms with Crippen molar-refractivity contribution in [2.24, 2.45) is 0 Å². The van der Waals surface area contributed by atoms with E-state index in [9.17, 15) is 9.59 Å². The lowest BCUT2D eigenvalue weighted by Crippen LogP contribution is -2.13. The topological polar surface area (TPSA) is 96.4 Å². The highest BCUT2D eigenvalue weighted by Gasteiger charge is 2.28. The second-order valence-electron chi connectivity index (χ2n) is 4.44. The van der Waals surface area contributed by atoms with Gasteiger partial charge in [-0.15, -0.1) is 0 Å². The summed E-state index contributed by atoms with van der Waals surface area (Å²) in [5, 5.41) is 4.63. The number of benzene rings is 1. The van der Waals surface area contributed by atoms with Gasteiger partial charge in [-0.3, -0.25) is 0 Å². The van der Waals surface area contributed by atoms with E-state index in [0.717, 1.165) is 0 Å². The molecular formula is C15H16ClN3O4. The van der Waals surface area contributed by atoms with Gasteiger partial charge >= 0.3 is 11.9 Å². The number of nitrogens with two attached hydrogens (primary N) is 1. The van der Waals surface area contributed by atoms with Crippen molar-refractivity contribution in [3.63, 3.8) is 0 Å². The number of esters is 2. The SMILES string of the molecule is CCOC(=O)c1nn(-c2ccc(Cl)cc2)c(C(=O)OCC)c1N. The predicted molar refractivity (Wildman–Crippen MR) is 84.9 cm³/mol. The molecular weight excluding hydrogens is 322 g/mol. The van der Waals surface area contributed by atoms with E-state index in [-0.39, 0.29) is 30.3 Å². The van der Waals surface area contributed by atoms with Crippen LogP contribution in [0.25, 0.3) is 5.69 Å². The van der Waals surface area contributed by atoms with Crippen molar-refractivity contribution < 1.29 is 19.1 Å². The Morgan fingerprint density at radius 3 is 2.26 bits per heavy atom. The Morgan fingerprint density at radius 2 is 1.70 bits per heavy atom. The van der Waals surface area contributed by atoms with E-state index >= 15 is 0 Å². The summed E-state index contributed by atoms with van der Waals surface area (Å²) in [6.07, 6.45) is 0. The molecule has 1 heterocycles. The highest BCUT2D eigenvalue weighted by molar-refractivity contribution is 6.30. The minimum Gasteiger partial charge on any atom is -0.461 e. The molecule has 0 spiro atoms. The Morgan fingerprint density at radius 1 is 1.13 bits per heavy atom. The van der Waals surface area contributed by atoms with Crippen LogP contribution in [-0.4, -0.2) is 34.9 Å². The van der Waals surface area contributed by atoms with Crippen molar-refractivity contribution in [2.45, 2.75) is 13.8 Å². The summed E-state index contributed by atoms with van der Waals surface area (Å²) < 4.78 is 11.1. The Bertz CT molecular complexity index is 725. The minimum absolute atomic E-state index is 0.0303. The Hall–Kier alpha value is -2.54. The van der Waals surface area contributed by atoms with Gasteiger partial charge in [0.15, 0.2) is 11.4 Å². The fourth-order valence-corrected chi connectivity index (χ4v) is 2.07. The summed E-state index contributed by atoms with van der Waals surface area (Å²) in [5.74, 6) is -1.38. The van der Waals surface area contributed by atoms with Crippen molar-refractivity contribution in [3.05, 3.63) is 40.7 Å². The van der Waals surface area contributed by atoms with Gasteiger partial charge in [-0.05, 0) is 38.1 Å². The Labute approximate surface area is 137 Å². The van der Waals surface area contributed by atoms with Crippen LogP contribution in [0.15, 0.2) is 24.3 Å². The van der Waals surface area contributed by atoms with Crippen molar-refractivity contribution >= 4 is 29.2 Å². The van der Waals surface area contributed by atoms with Gasteiger partial charge in [-0.25, -0.2) is 14.3 Å². The average molecular weight is 338 g/mol. The summed E-state index contributed by atoms with van der Waals surface area (Å²) in [6.45, 7) is 3.67. The maximum absolute atomic E-state index is 12.2. The maximum atomic E-state index is 12.2. The molecule has 0 aliphatic carbocycles. The van der Waals surface area contributed by atoms with Crippen LogP contribution in [0.4, 0.5) is 5.69 Å². The zero-order valence-electron chi connectivity index (χ0n) is 12.7. The smallest absolute Gasteiger partial charge is 0.361 e. The van der Waals surface area contributed by atoms with E-state index in [1.165, 1.54) is 4.68 Å². The van der Waals surface area contributed by atoms with Crippen LogP contribution in [0.1, 0.15) is 34.8 Å². The van der Waals surface area contributed by atoms with E-state index < -0.39 is 11.9 Å². The molecule has 0 saturated heterocycles. The van der Waals surface area contributed by atoms with Gasteiger partial charge in [-0.1, -0.05) is 11.6 Å². The van der Waals surface area contributed by atoms with Gasteiger partial charge in [-0.2, -0.15) is 5.10 Å². The van der Waals surface area contributed by atoms with Crippen LogP contribution in [0, 0.1) is 0 Å². The van der Waals surface area contributed by atoms with Gasteiger partial charge in [0.1, 0.15) is 5.69 Å². The molecule has 0 amide bonds. The highest BCUT2D eigenvalue weighted by atomic mass is 35.5. The number of rotatable bonds is 5. The third-order valence-corrected chi connectivity index (χ3v) is 3.18. The minimum atomic E-state index is -0.705. The standard InChI is InChI=1S/C15H16ClN3O4/c1-3-22-14(20)12-11(17)13(15(21)23-4-2)19(18-12)10-7-5-9(16)6-8-10/h5-8H,3-4,17H2,1-2H3. The fraction of sp³-hybridized carbons (Fsp3) is 0.267. The van der Waals surface area contributed by atoms with Gasteiger partial charge < -0.3 is 15.2 Å². The number of anilines is 1. The lowest BCUT2D eigenvalue weighted by Gasteiger charge is -2.07. The Balaban J connectivity index is 2.58. The van der Waals surface area contributed by atoms with E-state index in [4.69, 9.17) is 26.8 Å². The molecule has 0 aliphatic heterocycles. The second kappa shape index (κ2) is 7.15. The quantitative estimate of drug-likeness (QED) is 0.842. The molecule has 0 radical (unpaired) electrons. The highest BCUT2D eigenvalue weighted by Crippen LogP contribution is 2.24. The molecule has 122 valence electrons. The molecule has 0 bridgehead atoms. The second-order valence-corrected chi connectivity index (χ2v) is 4.88. The first-order chi connectivity index (χ1) is 11.0. The van der Waals surface area contributed by atoms with Crippen LogP contribution < -0.4 is 5.73 Å². The third kappa shape index (κ3) is 3.45. The van der Waals surface area contributed by atoms with Gasteiger partial charge in [0.2, 0.25) is 0 Å². The molecule has 7 nitrogen and oxygen atoms in total. The summed E-state index contributed by atoms with van der Waals surface area (Å²) in [5.41, 5.74) is 6.19. The number of nitrogens with zero attached hydrogens (tertiary/aromatic N) is 2. The molecule has 1 aromatic heterocycles. The lowest BCUT2D eigenvalue weighted by atomic mass is 10.2. The van der Waals surface area contributed by atoms with Gasteiger partial charge in [0.05, 0.1) is 18.9 Å². The van der Waals surface area contributed by atoms with Crippen LogP contribution in [-0.2, 0) is 9.47 Å². The summed E-state index contributed by atoms with van der Waals surface area (Å²) >= 11 is 5.86. The number of ether oxygens (including phenoxy) is 2. The van der Waals surface area contributed by atoms with E-state index in [0.29, 0.717) is 10.7 Å². The van der Waals surface area contributed by atoms with Crippen molar-refractivity contribution in [2.75, 3.05) is 18.9 Å². The molecule has 0 unspecified atom stereocenters. The first-order valence-electron chi connectivity index (χ1n) is 6.98. The molecule has 0 fully saturated rings. The van der Waals surface area contributed by atoms with Crippen molar-refractivity contribution in [1.82, 2.24) is 9.78 Å². The molecule has 2 N–H and O–H groups in total. The number of carbonyl (C=O) groups excluding carboxylic acids is 2. The number of nitrogen functional groups attached to an aromatic ring is 1. The lowest BCUT2D eigenvalue weighted by molar-refractivity contribution is 0.0510. The van der Waals surface area contributed by atoms with Crippen LogP contribution in [0.2, 0.25) is 5.02 Å². The number of carbonyl (C=O) groups is 2. The summed E-state index contributed by atoms with van der Waals surface area (Å²) in [7, 11) is 0.